The summed E-state index contributed by atoms with van der Waals surface area (Å²) >= 11 is 11.4. The van der Waals surface area contributed by atoms with Crippen molar-refractivity contribution in [2.24, 2.45) is 0 Å². The molecule has 1 aliphatic rings. The molecule has 0 N–H and O–H groups in total. The molecule has 0 aromatic carbocycles. The van der Waals surface area contributed by atoms with Crippen molar-refractivity contribution in [1.82, 2.24) is 9.88 Å². The minimum Gasteiger partial charge on any atom is -0.472 e. The van der Waals surface area contributed by atoms with Gasteiger partial charge in [-0.2, -0.15) is 0 Å². The predicted octanol–water partition coefficient (Wildman–Crippen LogP) is 2.47. The van der Waals surface area contributed by atoms with E-state index < -0.39 is 0 Å². The Balaban J connectivity index is 2.29. The highest BCUT2D eigenvalue weighted by molar-refractivity contribution is 7.80. The number of pyridine rings is 1. The van der Waals surface area contributed by atoms with E-state index >= 15 is 0 Å². The summed E-state index contributed by atoms with van der Waals surface area (Å²) < 4.78 is 5.88. The van der Waals surface area contributed by atoms with Crippen molar-refractivity contribution in [3.63, 3.8) is 0 Å². The van der Waals surface area contributed by atoms with Crippen molar-refractivity contribution in [1.29, 1.82) is 0 Å². The average Bonchev–Trinajstić information content (AvgIpc) is 2.37. The monoisotopic (exact) mass is 270 g/mol. The fourth-order valence-corrected chi connectivity index (χ4v) is 2.35. The maximum absolute atomic E-state index is 6.02. The standard InChI is InChI=1S/C12H15ClN2OS/c1-8(13)6-9-7-15(2)12(17)10-4-3-5-14-11(10)16-9/h3-5,8-9H,6-7H2,1-2H3. The Morgan fingerprint density at radius 3 is 3.18 bits per heavy atom. The molecular weight excluding hydrogens is 256 g/mol. The molecular formula is C12H15ClN2OS. The maximum atomic E-state index is 6.02. The fraction of sp³-hybridized carbons (Fsp3) is 0.500. The number of hydrogen-bond donors (Lipinski definition) is 0. The van der Waals surface area contributed by atoms with Crippen LogP contribution >= 0.6 is 23.8 Å². The number of nitrogens with zero attached hydrogens (tertiary/aromatic N) is 2. The van der Waals surface area contributed by atoms with Gasteiger partial charge >= 0.3 is 0 Å². The number of hydrogen-bond acceptors (Lipinski definition) is 3. The maximum Gasteiger partial charge on any atom is 0.224 e. The first-order chi connectivity index (χ1) is 8.08. The van der Waals surface area contributed by atoms with Crippen molar-refractivity contribution in [2.45, 2.75) is 24.8 Å². The fourth-order valence-electron chi connectivity index (χ4n) is 1.92. The van der Waals surface area contributed by atoms with Crippen molar-refractivity contribution >= 4 is 28.8 Å². The van der Waals surface area contributed by atoms with Gasteiger partial charge in [0.05, 0.1) is 12.1 Å². The van der Waals surface area contributed by atoms with E-state index in [1.54, 1.807) is 6.20 Å². The van der Waals surface area contributed by atoms with Crippen molar-refractivity contribution < 1.29 is 4.74 Å². The highest BCUT2D eigenvalue weighted by atomic mass is 35.5. The van der Waals surface area contributed by atoms with Crippen LogP contribution in [-0.4, -0.2) is 39.9 Å². The normalized spacial score (nSPS) is 21.5. The second-order valence-corrected chi connectivity index (χ2v) is 5.43. The summed E-state index contributed by atoms with van der Waals surface area (Å²) in [6.45, 7) is 2.71. The van der Waals surface area contributed by atoms with Gasteiger partial charge in [-0.15, -0.1) is 11.6 Å². The highest BCUT2D eigenvalue weighted by Gasteiger charge is 2.25. The summed E-state index contributed by atoms with van der Waals surface area (Å²) in [5.41, 5.74) is 0.884. The van der Waals surface area contributed by atoms with Crippen LogP contribution in [0.5, 0.6) is 5.88 Å². The van der Waals surface area contributed by atoms with E-state index in [0.717, 1.165) is 23.5 Å². The van der Waals surface area contributed by atoms with E-state index in [2.05, 4.69) is 4.98 Å². The summed E-state index contributed by atoms with van der Waals surface area (Å²) in [5.74, 6) is 0.615. The van der Waals surface area contributed by atoms with Gasteiger partial charge in [0, 0.05) is 25.0 Å². The lowest BCUT2D eigenvalue weighted by atomic mass is 10.2. The minimum absolute atomic E-state index is 0.0293. The second kappa shape index (κ2) is 5.19. The van der Waals surface area contributed by atoms with Crippen LogP contribution in [0.3, 0.4) is 0 Å². The lowest BCUT2D eigenvalue weighted by molar-refractivity contribution is 0.166. The molecule has 0 saturated carbocycles. The summed E-state index contributed by atoms with van der Waals surface area (Å²) in [6.07, 6.45) is 2.53. The topological polar surface area (TPSA) is 25.4 Å². The zero-order valence-electron chi connectivity index (χ0n) is 9.89. The molecule has 17 heavy (non-hydrogen) atoms. The molecule has 2 unspecified atom stereocenters. The molecule has 0 saturated heterocycles. The van der Waals surface area contributed by atoms with Crippen LogP contribution in [0.4, 0.5) is 0 Å². The molecule has 0 spiro atoms. The molecule has 0 amide bonds. The van der Waals surface area contributed by atoms with Crippen molar-refractivity contribution in [2.75, 3.05) is 13.6 Å². The van der Waals surface area contributed by atoms with Crippen LogP contribution in [0.15, 0.2) is 18.3 Å². The molecule has 0 aliphatic carbocycles. The van der Waals surface area contributed by atoms with Gasteiger partial charge in [-0.3, -0.25) is 0 Å². The number of halogens is 1. The molecule has 0 fully saturated rings. The zero-order valence-corrected chi connectivity index (χ0v) is 11.5. The van der Waals surface area contributed by atoms with Crippen LogP contribution in [0, 0.1) is 0 Å². The Hall–Kier alpha value is -0.870. The summed E-state index contributed by atoms with van der Waals surface area (Å²) in [7, 11) is 1.97. The van der Waals surface area contributed by atoms with Gasteiger partial charge in [-0.05, 0) is 19.1 Å². The van der Waals surface area contributed by atoms with E-state index in [0.29, 0.717) is 5.88 Å². The summed E-state index contributed by atoms with van der Waals surface area (Å²) in [5, 5.41) is 0.0761. The SMILES string of the molecule is CC(Cl)CC1CN(C)C(=S)c2cccnc2O1. The van der Waals surface area contributed by atoms with Gasteiger partial charge in [0.2, 0.25) is 5.88 Å². The van der Waals surface area contributed by atoms with Crippen LogP contribution < -0.4 is 4.74 Å². The first kappa shape index (κ1) is 12.6. The predicted molar refractivity (Wildman–Crippen MR) is 72.9 cm³/mol. The third-order valence-electron chi connectivity index (χ3n) is 2.69. The van der Waals surface area contributed by atoms with Crippen LogP contribution in [-0.2, 0) is 0 Å². The molecule has 0 bridgehead atoms. The lowest BCUT2D eigenvalue weighted by Gasteiger charge is -2.22. The van der Waals surface area contributed by atoms with E-state index in [-0.39, 0.29) is 11.5 Å². The molecule has 3 nitrogen and oxygen atoms in total. The molecule has 0 radical (unpaired) electrons. The van der Waals surface area contributed by atoms with Crippen LogP contribution in [0.25, 0.3) is 0 Å². The molecule has 1 aromatic heterocycles. The molecule has 1 aliphatic heterocycles. The van der Waals surface area contributed by atoms with E-state index in [4.69, 9.17) is 28.6 Å². The summed E-state index contributed by atoms with van der Waals surface area (Å²) in [4.78, 5) is 7.04. The van der Waals surface area contributed by atoms with Gasteiger partial charge in [-0.1, -0.05) is 12.2 Å². The molecule has 2 atom stereocenters. The molecule has 1 aromatic rings. The Kier molecular flexibility index (Phi) is 3.84. The highest BCUT2D eigenvalue weighted by Crippen LogP contribution is 2.24. The van der Waals surface area contributed by atoms with Gasteiger partial charge in [0.1, 0.15) is 11.1 Å². The van der Waals surface area contributed by atoms with Gasteiger partial charge in [-0.25, -0.2) is 4.98 Å². The van der Waals surface area contributed by atoms with Gasteiger partial charge in [0.15, 0.2) is 0 Å². The van der Waals surface area contributed by atoms with E-state index in [1.807, 2.05) is 31.0 Å². The van der Waals surface area contributed by atoms with Crippen LogP contribution in [0.2, 0.25) is 0 Å². The van der Waals surface area contributed by atoms with E-state index in [9.17, 15) is 0 Å². The Morgan fingerprint density at radius 2 is 2.47 bits per heavy atom. The molecule has 2 heterocycles. The Labute approximate surface area is 112 Å². The van der Waals surface area contributed by atoms with E-state index in [1.165, 1.54) is 0 Å². The second-order valence-electron chi connectivity index (χ2n) is 4.30. The third-order valence-corrected chi connectivity index (χ3v) is 3.40. The number of fused-ring (bicyclic) bond motifs is 1. The van der Waals surface area contributed by atoms with Crippen LogP contribution in [0.1, 0.15) is 18.9 Å². The van der Waals surface area contributed by atoms with Gasteiger partial charge in [0.25, 0.3) is 0 Å². The Morgan fingerprint density at radius 1 is 1.71 bits per heavy atom. The molecule has 5 heteroatoms. The van der Waals surface area contributed by atoms with Crippen molar-refractivity contribution in [3.05, 3.63) is 23.9 Å². The largest absolute Gasteiger partial charge is 0.472 e. The Bertz CT molecular complexity index is 425. The van der Waals surface area contributed by atoms with Gasteiger partial charge < -0.3 is 9.64 Å². The van der Waals surface area contributed by atoms with Crippen molar-refractivity contribution in [3.8, 4) is 5.88 Å². The number of likely N-dealkylation sites (N-methyl/N-ethyl adjacent to an activating group) is 1. The quantitative estimate of drug-likeness (QED) is 0.609. The number of alkyl halides is 1. The first-order valence-electron chi connectivity index (χ1n) is 5.59. The first-order valence-corrected chi connectivity index (χ1v) is 6.43. The minimum atomic E-state index is 0.0293. The zero-order chi connectivity index (χ0) is 12.4. The number of rotatable bonds is 2. The number of aromatic nitrogens is 1. The molecule has 92 valence electrons. The smallest absolute Gasteiger partial charge is 0.224 e. The lowest BCUT2D eigenvalue weighted by Crippen LogP contribution is -2.34. The molecule has 2 rings (SSSR count). The third kappa shape index (κ3) is 2.87. The number of thiocarbonyl (C=S) groups is 1. The average molecular weight is 271 g/mol. The number of ether oxygens (including phenoxy) is 1. The summed E-state index contributed by atoms with van der Waals surface area (Å²) in [6, 6.07) is 3.81.